The molecule has 3 aliphatic heterocycles. The van der Waals surface area contributed by atoms with Crippen LogP contribution in [0.15, 0.2) is 70.6 Å². The number of hydrazine groups is 2. The Kier molecular flexibility index (Phi) is 22.5. The number of urea groups is 3. The molecule has 0 unspecified atom stereocenters. The van der Waals surface area contributed by atoms with Gasteiger partial charge < -0.3 is 64.6 Å². The summed E-state index contributed by atoms with van der Waals surface area (Å²) in [6, 6.07) is 10.3. The average molecular weight is 1060 g/mol. The number of aliphatic hydroxyl groups is 1. The number of likely N-dealkylation sites (tertiary alicyclic amines) is 1. The number of carboxylic acids is 1. The van der Waals surface area contributed by atoms with E-state index in [0.717, 1.165) is 14.9 Å². The van der Waals surface area contributed by atoms with Gasteiger partial charge in [-0.05, 0) is 68.9 Å². The Labute approximate surface area is 440 Å². The third kappa shape index (κ3) is 17.3. The van der Waals surface area contributed by atoms with Crippen molar-refractivity contribution in [2.24, 2.45) is 44.6 Å². The summed E-state index contributed by atoms with van der Waals surface area (Å²) in [5, 5.41) is 32.9. The van der Waals surface area contributed by atoms with Gasteiger partial charge in [0.15, 0.2) is 23.5 Å². The van der Waals surface area contributed by atoms with Crippen LogP contribution >= 0.6 is 0 Å². The van der Waals surface area contributed by atoms with E-state index in [1.165, 1.54) is 14.9 Å². The van der Waals surface area contributed by atoms with Gasteiger partial charge in [0.2, 0.25) is 5.91 Å². The van der Waals surface area contributed by atoms with Gasteiger partial charge in [0, 0.05) is 58.8 Å². The maximum Gasteiger partial charge on any atom is 0.339 e. The van der Waals surface area contributed by atoms with Crippen molar-refractivity contribution in [1.29, 1.82) is 0 Å². The minimum Gasteiger partial charge on any atom is -0.481 e. The highest BCUT2D eigenvalue weighted by atomic mass is 16.4. The molecule has 15 N–H and O–H groups in total. The smallest absolute Gasteiger partial charge is 0.339 e. The van der Waals surface area contributed by atoms with E-state index >= 15 is 0 Å². The molecule has 0 bridgehead atoms. The number of guanidine groups is 2. The number of carboxylic acid groups (broad SMARTS) is 1. The van der Waals surface area contributed by atoms with Gasteiger partial charge in [-0.2, -0.15) is 0 Å². The number of rotatable bonds is 26. The number of hydrogen-bond acceptors (Lipinski definition) is 13. The minimum absolute atomic E-state index is 0.00361. The van der Waals surface area contributed by atoms with Crippen molar-refractivity contribution in [2.75, 3.05) is 65.5 Å². The van der Waals surface area contributed by atoms with Gasteiger partial charge in [-0.3, -0.25) is 38.8 Å². The van der Waals surface area contributed by atoms with Crippen molar-refractivity contribution in [3.05, 3.63) is 71.8 Å². The Morgan fingerprint density at radius 1 is 0.697 bits per heavy atom. The van der Waals surface area contributed by atoms with E-state index in [0.29, 0.717) is 36.8 Å². The van der Waals surface area contributed by atoms with Gasteiger partial charge >= 0.3 is 24.1 Å². The Morgan fingerprint density at radius 3 is 1.88 bits per heavy atom. The van der Waals surface area contributed by atoms with E-state index in [1.54, 1.807) is 60.7 Å². The maximum absolute atomic E-state index is 14.1. The molecule has 3 fully saturated rings. The number of nitrogens with zero attached hydrogens (tertiary/aromatic N) is 8. The Morgan fingerprint density at radius 2 is 1.28 bits per heavy atom. The number of hydrogen-bond donors (Lipinski definition) is 10. The summed E-state index contributed by atoms with van der Waals surface area (Å²) >= 11 is 0. The van der Waals surface area contributed by atoms with Gasteiger partial charge in [0.05, 0.1) is 37.7 Å². The first-order chi connectivity index (χ1) is 36.4. The fourth-order valence-corrected chi connectivity index (χ4v) is 9.09. The summed E-state index contributed by atoms with van der Waals surface area (Å²) in [7, 11) is 0. The first kappa shape index (κ1) is 58.8. The number of benzene rings is 2. The molecule has 0 aliphatic carbocycles. The van der Waals surface area contributed by atoms with Crippen LogP contribution in [0, 0.1) is 5.92 Å². The highest BCUT2D eigenvalue weighted by molar-refractivity contribution is 5.95. The summed E-state index contributed by atoms with van der Waals surface area (Å²) in [5.41, 5.74) is 28.9. The average Bonchev–Trinajstić information content (AvgIpc) is 4.22. The van der Waals surface area contributed by atoms with Crippen molar-refractivity contribution in [1.82, 2.24) is 45.8 Å². The zero-order chi connectivity index (χ0) is 55.3. The van der Waals surface area contributed by atoms with Crippen LogP contribution in [0.3, 0.4) is 0 Å². The van der Waals surface area contributed by atoms with Crippen LogP contribution in [0.5, 0.6) is 0 Å². The molecule has 2 aromatic rings. The highest BCUT2D eigenvalue weighted by Gasteiger charge is 2.42. The lowest BCUT2D eigenvalue weighted by Crippen LogP contribution is -2.59. The molecule has 0 radical (unpaired) electrons. The van der Waals surface area contributed by atoms with Gasteiger partial charge in [-0.15, -0.1) is 0 Å². The number of amides is 9. The quantitative estimate of drug-likeness (QED) is 0.0281. The SMILES string of the molecule is NC(N)=NCCC[C@@H](CC(=O)[C@H](Cc1ccccc1)NC(=O)N1CCCN1C(=O)[C@H](CO)NC(=O)N(CC(=O)CNC(=O)[C@@H]1CCCN1C(=O)N1CCCN1C(=O)[C@@H](N)CCCN=C(N)N)Cc1ccccc1)C(=O)O. The third-order valence-corrected chi connectivity index (χ3v) is 13.0. The number of nitrogens with two attached hydrogens (primary N) is 5. The molecule has 3 aliphatic rings. The maximum atomic E-state index is 14.1. The highest BCUT2D eigenvalue weighted by Crippen LogP contribution is 2.24. The summed E-state index contributed by atoms with van der Waals surface area (Å²) in [6.45, 7) is -1.01. The van der Waals surface area contributed by atoms with Crippen LogP contribution in [0.1, 0.15) is 68.9 Å². The lowest BCUT2D eigenvalue weighted by Gasteiger charge is -2.34. The molecule has 0 spiro atoms. The molecular formula is C49H72N16O11. The van der Waals surface area contributed by atoms with Crippen molar-refractivity contribution < 1.29 is 53.4 Å². The predicted octanol–water partition coefficient (Wildman–Crippen LogP) is -1.86. The standard InChI is InChI=1S/C49H72N16O11/c50-36(17-8-20-56-46(53)54)42(70)62-22-11-25-65(62)49(76)61-21-9-18-39(61)41(69)57-28-35(67)30-60(29-33-14-5-2-6-15-33)47(74)59-38(31-66)43(71)63-23-10-24-64(63)48(75)58-37(26-32-12-3-1-4-13-32)40(68)27-34(44(72)73)16-7-19-55-45(51)52/h1-6,12-15,34,36-39,66H,7-11,16-31,50H2,(H,57,69)(H,58,75)(H,59,74)(H,72,73)(H4,51,52,55)(H4,53,54,56)/t34-,36-,37-,38-,39-/m0/s1. The number of ketones is 2. The van der Waals surface area contributed by atoms with Crippen LogP contribution in [0.2, 0.25) is 0 Å². The zero-order valence-electron chi connectivity index (χ0n) is 42.5. The number of carbonyl (C=O) groups is 9. The minimum atomic E-state index is -1.62. The topological polar surface area (TPSA) is 404 Å². The van der Waals surface area contributed by atoms with E-state index < -0.39 is 110 Å². The van der Waals surface area contributed by atoms with Gasteiger partial charge in [-0.25, -0.2) is 34.4 Å². The van der Waals surface area contributed by atoms with Crippen molar-refractivity contribution >= 4 is 65.3 Å². The number of Topliss-reactive ketones (excluding diaryl/α,β-unsaturated/α-hetero) is 2. The second-order valence-electron chi connectivity index (χ2n) is 18.7. The number of nitrogens with one attached hydrogen (secondary N) is 3. The first-order valence-corrected chi connectivity index (χ1v) is 25.3. The van der Waals surface area contributed by atoms with Gasteiger partial charge in [-0.1, -0.05) is 60.7 Å². The number of aliphatic imine (C=N–C) groups is 2. The molecule has 3 heterocycles. The van der Waals surface area contributed by atoms with E-state index in [1.807, 2.05) is 0 Å². The number of aliphatic hydroxyl groups excluding tert-OH is 1. The summed E-state index contributed by atoms with van der Waals surface area (Å²) in [5.74, 6) is -5.69. The molecule has 414 valence electrons. The Bertz CT molecular complexity index is 2410. The fourth-order valence-electron chi connectivity index (χ4n) is 9.09. The van der Waals surface area contributed by atoms with Crippen LogP contribution in [-0.2, 0) is 41.7 Å². The van der Waals surface area contributed by atoms with Crippen LogP contribution in [0.25, 0.3) is 0 Å². The van der Waals surface area contributed by atoms with E-state index in [4.69, 9.17) is 28.7 Å². The van der Waals surface area contributed by atoms with Crippen LogP contribution < -0.4 is 44.6 Å². The third-order valence-electron chi connectivity index (χ3n) is 13.0. The molecular weight excluding hydrogens is 989 g/mol. The van der Waals surface area contributed by atoms with E-state index in [2.05, 4.69) is 25.9 Å². The molecule has 27 heteroatoms. The van der Waals surface area contributed by atoms with E-state index in [-0.39, 0.29) is 96.4 Å². The Hall–Kier alpha value is -8.07. The zero-order valence-corrected chi connectivity index (χ0v) is 42.5. The molecule has 0 saturated carbocycles. The molecule has 2 aromatic carbocycles. The lowest BCUT2D eigenvalue weighted by atomic mass is 9.92. The molecule has 9 amide bonds. The normalized spacial score (nSPS) is 16.7. The van der Waals surface area contributed by atoms with Gasteiger partial charge in [0.1, 0.15) is 12.1 Å². The monoisotopic (exact) mass is 1060 g/mol. The molecule has 0 aromatic heterocycles. The van der Waals surface area contributed by atoms with Crippen molar-refractivity contribution in [3.8, 4) is 0 Å². The fraction of sp³-hybridized carbons (Fsp3) is 0.531. The first-order valence-electron chi connectivity index (χ1n) is 25.3. The predicted molar refractivity (Wildman–Crippen MR) is 276 cm³/mol. The van der Waals surface area contributed by atoms with E-state index in [9.17, 15) is 53.4 Å². The summed E-state index contributed by atoms with van der Waals surface area (Å²) in [6.07, 6.45) is 2.21. The Balaban J connectivity index is 1.21. The lowest BCUT2D eigenvalue weighted by molar-refractivity contribution is -0.144. The second kappa shape index (κ2) is 29.1. The molecule has 3 saturated heterocycles. The number of aliphatic carboxylic acids is 1. The number of carbonyl (C=O) groups excluding carboxylic acids is 8. The van der Waals surface area contributed by atoms with Crippen LogP contribution in [0.4, 0.5) is 14.4 Å². The second-order valence-corrected chi connectivity index (χ2v) is 18.7. The van der Waals surface area contributed by atoms with Crippen molar-refractivity contribution in [2.45, 2.75) is 94.9 Å². The molecule has 76 heavy (non-hydrogen) atoms. The van der Waals surface area contributed by atoms with Crippen molar-refractivity contribution in [3.63, 3.8) is 0 Å². The largest absolute Gasteiger partial charge is 0.481 e. The summed E-state index contributed by atoms with van der Waals surface area (Å²) < 4.78 is 0. The molecule has 27 nitrogen and oxygen atoms in total. The molecule has 5 atom stereocenters. The molecule has 5 rings (SSSR count). The van der Waals surface area contributed by atoms with Crippen LogP contribution in [-0.4, -0.2) is 195 Å². The summed E-state index contributed by atoms with van der Waals surface area (Å²) in [4.78, 5) is 133. The van der Waals surface area contributed by atoms with Gasteiger partial charge in [0.25, 0.3) is 11.8 Å².